The number of fused-ring (bicyclic) bond motifs is 1. The Morgan fingerprint density at radius 3 is 2.73 bits per heavy atom. The molecule has 6 nitrogen and oxygen atoms in total. The number of hydrogen-bond acceptors (Lipinski definition) is 5. The van der Waals surface area contributed by atoms with E-state index in [-0.39, 0.29) is 0 Å². The Bertz CT molecular complexity index is 915. The summed E-state index contributed by atoms with van der Waals surface area (Å²) in [4.78, 5) is 1.11. The second-order valence-electron chi connectivity index (χ2n) is 4.83. The molecule has 0 aliphatic rings. The molecule has 4 aromatic rings. The Kier molecular flexibility index (Phi) is 3.05. The van der Waals surface area contributed by atoms with Gasteiger partial charge in [-0.15, -0.1) is 21.5 Å². The van der Waals surface area contributed by atoms with E-state index < -0.39 is 0 Å². The summed E-state index contributed by atoms with van der Waals surface area (Å²) < 4.78 is 2.52. The van der Waals surface area contributed by atoms with E-state index in [1.807, 2.05) is 29.6 Å². The molecule has 0 atom stereocenters. The van der Waals surface area contributed by atoms with Crippen molar-refractivity contribution in [3.8, 4) is 10.6 Å². The third kappa shape index (κ3) is 2.31. The van der Waals surface area contributed by atoms with Gasteiger partial charge in [0, 0.05) is 18.6 Å². The van der Waals surface area contributed by atoms with E-state index in [1.54, 1.807) is 28.0 Å². The molecule has 7 heteroatoms. The number of pyridine rings is 1. The zero-order chi connectivity index (χ0) is 14.9. The first-order chi connectivity index (χ1) is 10.8. The second-order valence-corrected chi connectivity index (χ2v) is 5.77. The maximum atomic E-state index is 11.1. The zero-order valence-electron chi connectivity index (χ0n) is 11.5. The Morgan fingerprint density at radius 1 is 1.09 bits per heavy atom. The molecule has 22 heavy (non-hydrogen) atoms. The first kappa shape index (κ1) is 12.9. The van der Waals surface area contributed by atoms with Gasteiger partial charge in [-0.1, -0.05) is 6.07 Å². The van der Waals surface area contributed by atoms with Crippen LogP contribution in [0, 0.1) is 5.21 Å². The van der Waals surface area contributed by atoms with Crippen molar-refractivity contribution in [1.82, 2.24) is 19.8 Å². The van der Waals surface area contributed by atoms with Gasteiger partial charge in [0.1, 0.15) is 5.69 Å². The van der Waals surface area contributed by atoms with Crippen LogP contribution in [0.15, 0.2) is 54.2 Å². The fourth-order valence-electron chi connectivity index (χ4n) is 2.24. The minimum Gasteiger partial charge on any atom is -0.619 e. The van der Waals surface area contributed by atoms with Gasteiger partial charge in [-0.05, 0) is 29.1 Å². The Labute approximate surface area is 129 Å². The second kappa shape index (κ2) is 5.19. The van der Waals surface area contributed by atoms with E-state index in [2.05, 4.69) is 15.3 Å². The van der Waals surface area contributed by atoms with Gasteiger partial charge in [0.2, 0.25) is 0 Å². The van der Waals surface area contributed by atoms with Crippen molar-refractivity contribution < 1.29 is 4.73 Å². The first-order valence-corrected chi connectivity index (χ1v) is 7.60. The fraction of sp³-hybridized carbons (Fsp3) is 0.0667. The predicted molar refractivity (Wildman–Crippen MR) is 82.3 cm³/mol. The lowest BCUT2D eigenvalue weighted by molar-refractivity contribution is -0.605. The van der Waals surface area contributed by atoms with Gasteiger partial charge < -0.3 is 5.21 Å². The van der Waals surface area contributed by atoms with E-state index in [1.165, 1.54) is 12.4 Å². The molecule has 4 aromatic heterocycles. The molecule has 0 fully saturated rings. The smallest absolute Gasteiger partial charge is 0.180 e. The van der Waals surface area contributed by atoms with Gasteiger partial charge in [-0.2, -0.15) is 14.3 Å². The highest BCUT2D eigenvalue weighted by Crippen LogP contribution is 2.22. The maximum Gasteiger partial charge on any atom is 0.180 e. The summed E-state index contributed by atoms with van der Waals surface area (Å²) in [6.07, 6.45) is 3.52. The monoisotopic (exact) mass is 309 g/mol. The van der Waals surface area contributed by atoms with Crippen LogP contribution in [0.2, 0.25) is 0 Å². The summed E-state index contributed by atoms with van der Waals surface area (Å²) in [5.74, 6) is 0.747. The van der Waals surface area contributed by atoms with Crippen LogP contribution >= 0.6 is 11.3 Å². The van der Waals surface area contributed by atoms with Crippen molar-refractivity contribution in [3.63, 3.8) is 0 Å². The highest BCUT2D eigenvalue weighted by molar-refractivity contribution is 7.13. The van der Waals surface area contributed by atoms with Crippen molar-refractivity contribution in [2.24, 2.45) is 0 Å². The quantitative estimate of drug-likeness (QED) is 0.429. The molecule has 4 heterocycles. The van der Waals surface area contributed by atoms with Crippen LogP contribution in [0.1, 0.15) is 11.4 Å². The lowest BCUT2D eigenvalue weighted by atomic mass is 10.2. The van der Waals surface area contributed by atoms with Gasteiger partial charge in [0.15, 0.2) is 23.9 Å². The van der Waals surface area contributed by atoms with Crippen molar-refractivity contribution in [1.29, 1.82) is 0 Å². The molecule has 0 unspecified atom stereocenters. The number of aromatic nitrogens is 5. The third-order valence-corrected chi connectivity index (χ3v) is 4.23. The molecule has 0 aromatic carbocycles. The third-order valence-electron chi connectivity index (χ3n) is 3.33. The van der Waals surface area contributed by atoms with Crippen molar-refractivity contribution >= 4 is 17.0 Å². The molecule has 0 aliphatic heterocycles. The maximum absolute atomic E-state index is 11.1. The van der Waals surface area contributed by atoms with Crippen LogP contribution in [0.4, 0.5) is 0 Å². The van der Waals surface area contributed by atoms with E-state index in [0.29, 0.717) is 12.1 Å². The zero-order valence-corrected chi connectivity index (χ0v) is 12.3. The molecule has 0 radical (unpaired) electrons. The van der Waals surface area contributed by atoms with Gasteiger partial charge >= 0.3 is 0 Å². The van der Waals surface area contributed by atoms with E-state index >= 15 is 0 Å². The number of hydrogen-bond donors (Lipinski definition) is 0. The lowest BCUT2D eigenvalue weighted by Crippen LogP contribution is -2.23. The number of nitrogens with zero attached hydrogens (tertiary/aromatic N) is 5. The molecule has 4 rings (SSSR count). The molecular formula is C15H11N5OS. The SMILES string of the molecule is [O-][n+]1ccc(Cc2nnc3ccc(-c4cccs4)nn23)cc1. The molecule has 0 amide bonds. The van der Waals surface area contributed by atoms with Crippen LogP contribution in [0.3, 0.4) is 0 Å². The summed E-state index contributed by atoms with van der Waals surface area (Å²) >= 11 is 1.64. The van der Waals surface area contributed by atoms with E-state index in [9.17, 15) is 5.21 Å². The number of thiophene rings is 1. The van der Waals surface area contributed by atoms with Crippen LogP contribution in [0.25, 0.3) is 16.2 Å². The molecular weight excluding hydrogens is 298 g/mol. The normalized spacial score (nSPS) is 11.1. The summed E-state index contributed by atoms with van der Waals surface area (Å²) in [7, 11) is 0. The average molecular weight is 309 g/mol. The Morgan fingerprint density at radius 2 is 1.95 bits per heavy atom. The minimum absolute atomic E-state index is 0.572. The standard InChI is InChI=1S/C15H11N5OS/c21-19-7-5-11(6-8-19)10-15-17-16-14-4-3-12(18-20(14)15)13-2-1-9-22-13/h1-9H,10H2. The Balaban J connectivity index is 1.74. The minimum atomic E-state index is 0.572. The van der Waals surface area contributed by atoms with Crippen LogP contribution in [0.5, 0.6) is 0 Å². The highest BCUT2D eigenvalue weighted by atomic mass is 32.1. The first-order valence-electron chi connectivity index (χ1n) is 6.72. The van der Waals surface area contributed by atoms with Crippen LogP contribution in [-0.4, -0.2) is 19.8 Å². The molecule has 0 spiro atoms. The van der Waals surface area contributed by atoms with Crippen LogP contribution < -0.4 is 4.73 Å². The topological polar surface area (TPSA) is 70.0 Å². The van der Waals surface area contributed by atoms with Gasteiger partial charge in [-0.3, -0.25) is 0 Å². The number of rotatable bonds is 3. The lowest BCUT2D eigenvalue weighted by Gasteiger charge is -2.02. The van der Waals surface area contributed by atoms with Crippen molar-refractivity contribution in [2.45, 2.75) is 6.42 Å². The summed E-state index contributed by atoms with van der Waals surface area (Å²) in [6.45, 7) is 0. The summed E-state index contributed by atoms with van der Waals surface area (Å²) in [5.41, 5.74) is 2.60. The fourth-order valence-corrected chi connectivity index (χ4v) is 2.93. The van der Waals surface area contributed by atoms with Gasteiger partial charge in [0.25, 0.3) is 0 Å². The Hall–Kier alpha value is -2.80. The summed E-state index contributed by atoms with van der Waals surface area (Å²) in [5, 5.41) is 26.1. The highest BCUT2D eigenvalue weighted by Gasteiger charge is 2.10. The van der Waals surface area contributed by atoms with E-state index in [0.717, 1.165) is 26.7 Å². The summed E-state index contributed by atoms with van der Waals surface area (Å²) in [6, 6.07) is 11.4. The largest absolute Gasteiger partial charge is 0.619 e. The molecule has 0 N–H and O–H groups in total. The van der Waals surface area contributed by atoms with Crippen molar-refractivity contribution in [2.75, 3.05) is 0 Å². The molecule has 0 bridgehead atoms. The van der Waals surface area contributed by atoms with Crippen molar-refractivity contribution in [3.05, 3.63) is 70.8 Å². The molecule has 0 aliphatic carbocycles. The van der Waals surface area contributed by atoms with Crippen LogP contribution in [-0.2, 0) is 6.42 Å². The van der Waals surface area contributed by atoms with E-state index in [4.69, 9.17) is 0 Å². The molecule has 0 saturated carbocycles. The predicted octanol–water partition coefficient (Wildman–Crippen LogP) is 2.08. The average Bonchev–Trinajstić information content (AvgIpc) is 3.19. The molecule has 108 valence electrons. The molecule has 0 saturated heterocycles. The van der Waals surface area contributed by atoms with Gasteiger partial charge in [-0.25, -0.2) is 0 Å². The van der Waals surface area contributed by atoms with Gasteiger partial charge in [0.05, 0.1) is 4.88 Å².